The second-order valence-electron chi connectivity index (χ2n) is 7.29. The molecule has 0 radical (unpaired) electrons. The van der Waals surface area contributed by atoms with Crippen molar-refractivity contribution >= 4 is 17.6 Å². The topological polar surface area (TPSA) is 84.3 Å². The van der Waals surface area contributed by atoms with Gasteiger partial charge in [-0.1, -0.05) is 17.7 Å². The van der Waals surface area contributed by atoms with Crippen LogP contribution in [0.5, 0.6) is 6.01 Å². The molecular formula is C19H18ClF2N3O3. The summed E-state index contributed by atoms with van der Waals surface area (Å²) >= 11 is 5.72. The highest BCUT2D eigenvalue weighted by Crippen LogP contribution is 2.69. The van der Waals surface area contributed by atoms with Crippen LogP contribution in [0, 0.1) is 17.0 Å². The monoisotopic (exact) mass is 409 g/mol. The number of carbonyl (C=O) groups is 1. The van der Waals surface area contributed by atoms with E-state index in [-0.39, 0.29) is 28.9 Å². The Bertz CT molecular complexity index is 937. The van der Waals surface area contributed by atoms with Crippen LogP contribution in [0.15, 0.2) is 24.4 Å². The summed E-state index contributed by atoms with van der Waals surface area (Å²) in [5.74, 6) is -2.42. The van der Waals surface area contributed by atoms with E-state index in [1.54, 1.807) is 0 Å². The van der Waals surface area contributed by atoms with E-state index in [0.29, 0.717) is 32.4 Å². The first-order valence-electron chi connectivity index (χ1n) is 8.92. The van der Waals surface area contributed by atoms with E-state index in [2.05, 4.69) is 15.3 Å². The van der Waals surface area contributed by atoms with Crippen molar-refractivity contribution in [3.05, 3.63) is 52.3 Å². The van der Waals surface area contributed by atoms with Crippen LogP contribution in [-0.4, -0.2) is 34.1 Å². The first kappa shape index (κ1) is 19.0. The summed E-state index contributed by atoms with van der Waals surface area (Å²) in [7, 11) is 0. The first-order chi connectivity index (χ1) is 13.4. The number of hydrogen-bond donors (Lipinski definition) is 2. The summed E-state index contributed by atoms with van der Waals surface area (Å²) in [4.78, 5) is 20.0. The lowest BCUT2D eigenvalue weighted by Crippen LogP contribution is -2.37. The molecule has 2 heterocycles. The zero-order valence-corrected chi connectivity index (χ0v) is 15.6. The van der Waals surface area contributed by atoms with Gasteiger partial charge in [0.2, 0.25) is 0 Å². The van der Waals surface area contributed by atoms with Crippen molar-refractivity contribution in [1.82, 2.24) is 15.3 Å². The van der Waals surface area contributed by atoms with Crippen LogP contribution in [0.3, 0.4) is 0 Å². The molecule has 4 rings (SSSR count). The Morgan fingerprint density at radius 3 is 2.71 bits per heavy atom. The fraction of sp³-hybridized carbons (Fsp3) is 0.421. The molecule has 148 valence electrons. The molecule has 1 aliphatic carbocycles. The second-order valence-corrected chi connectivity index (χ2v) is 7.73. The molecule has 1 unspecified atom stereocenters. The zero-order chi connectivity index (χ0) is 19.9. The van der Waals surface area contributed by atoms with Crippen molar-refractivity contribution in [1.29, 1.82) is 0 Å². The third-order valence-electron chi connectivity index (χ3n) is 5.81. The molecule has 2 aliphatic rings. The minimum atomic E-state index is -1.38. The van der Waals surface area contributed by atoms with Gasteiger partial charge in [-0.3, -0.25) is 4.79 Å². The molecule has 0 bridgehead atoms. The number of carboxylic acids is 1. The van der Waals surface area contributed by atoms with Gasteiger partial charge in [-0.05, 0) is 49.9 Å². The van der Waals surface area contributed by atoms with Gasteiger partial charge in [-0.2, -0.15) is 4.98 Å². The lowest BCUT2D eigenvalue weighted by atomic mass is 9.82. The number of benzene rings is 1. The summed E-state index contributed by atoms with van der Waals surface area (Å²) in [6, 6.07) is 3.94. The Kier molecular flexibility index (Phi) is 4.71. The maximum Gasteiger partial charge on any atom is 0.317 e. The Morgan fingerprint density at radius 1 is 1.29 bits per heavy atom. The average molecular weight is 410 g/mol. The van der Waals surface area contributed by atoms with Gasteiger partial charge in [0, 0.05) is 10.6 Å². The highest BCUT2D eigenvalue weighted by atomic mass is 35.5. The quantitative estimate of drug-likeness (QED) is 0.789. The number of aromatic nitrogens is 2. The summed E-state index contributed by atoms with van der Waals surface area (Å²) < 4.78 is 33.8. The van der Waals surface area contributed by atoms with Gasteiger partial charge in [-0.25, -0.2) is 13.8 Å². The summed E-state index contributed by atoms with van der Waals surface area (Å²) in [6.45, 7) is 1.17. The van der Waals surface area contributed by atoms with E-state index in [1.165, 1.54) is 12.1 Å². The Hall–Kier alpha value is -2.32. The number of rotatable bonds is 5. The maximum atomic E-state index is 14.5. The average Bonchev–Trinajstić information content (AvgIpc) is 3.31. The van der Waals surface area contributed by atoms with Crippen molar-refractivity contribution in [3.63, 3.8) is 0 Å². The summed E-state index contributed by atoms with van der Waals surface area (Å²) in [6.07, 6.45) is 2.51. The largest absolute Gasteiger partial charge is 0.481 e. The van der Waals surface area contributed by atoms with Crippen molar-refractivity contribution in [2.75, 3.05) is 13.1 Å². The smallest absolute Gasteiger partial charge is 0.317 e. The fourth-order valence-electron chi connectivity index (χ4n) is 4.21. The Morgan fingerprint density at radius 2 is 2.04 bits per heavy atom. The van der Waals surface area contributed by atoms with Crippen LogP contribution in [0.1, 0.15) is 30.5 Å². The SMILES string of the molecule is O=C(O)C1(c2nc(OCc3ccc(Cl)cc3F)ncc2F)CC12CCNCC2. The lowest BCUT2D eigenvalue weighted by molar-refractivity contribution is -0.141. The molecule has 2 N–H and O–H groups in total. The van der Waals surface area contributed by atoms with Gasteiger partial charge >= 0.3 is 12.0 Å². The highest BCUT2D eigenvalue weighted by Gasteiger charge is 2.74. The summed E-state index contributed by atoms with van der Waals surface area (Å²) in [5.41, 5.74) is -1.83. The first-order valence-corrected chi connectivity index (χ1v) is 9.30. The van der Waals surface area contributed by atoms with E-state index < -0.39 is 28.4 Å². The number of carboxylic acid groups (broad SMARTS) is 1. The molecule has 2 aromatic rings. The summed E-state index contributed by atoms with van der Waals surface area (Å²) in [5, 5.41) is 13.4. The van der Waals surface area contributed by atoms with Crippen LogP contribution in [-0.2, 0) is 16.8 Å². The van der Waals surface area contributed by atoms with E-state index in [1.807, 2.05) is 0 Å². The molecule has 9 heteroatoms. The Balaban J connectivity index is 1.61. The molecule has 2 fully saturated rings. The third kappa shape index (κ3) is 3.00. The van der Waals surface area contributed by atoms with E-state index in [0.717, 1.165) is 12.3 Å². The van der Waals surface area contributed by atoms with Gasteiger partial charge < -0.3 is 15.2 Å². The normalized spacial score (nSPS) is 22.8. The predicted octanol–water partition coefficient (Wildman–Crippen LogP) is 3.08. The third-order valence-corrected chi connectivity index (χ3v) is 6.04. The Labute approximate surface area is 164 Å². The highest BCUT2D eigenvalue weighted by molar-refractivity contribution is 6.30. The van der Waals surface area contributed by atoms with Crippen molar-refractivity contribution in [2.45, 2.75) is 31.3 Å². The molecule has 1 spiro atoms. The molecule has 1 aliphatic heterocycles. The molecule has 6 nitrogen and oxygen atoms in total. The molecular weight excluding hydrogens is 392 g/mol. The fourth-order valence-corrected chi connectivity index (χ4v) is 4.37. The van der Waals surface area contributed by atoms with Gasteiger partial charge in [0.05, 0.1) is 6.20 Å². The van der Waals surface area contributed by atoms with Gasteiger partial charge in [0.15, 0.2) is 5.82 Å². The number of piperidine rings is 1. The number of hydrogen-bond acceptors (Lipinski definition) is 5. The maximum absolute atomic E-state index is 14.5. The molecule has 1 atom stereocenters. The van der Waals surface area contributed by atoms with Gasteiger partial charge in [0.1, 0.15) is 23.5 Å². The number of ether oxygens (including phenoxy) is 1. The van der Waals surface area contributed by atoms with E-state index >= 15 is 0 Å². The minimum Gasteiger partial charge on any atom is -0.481 e. The van der Waals surface area contributed by atoms with Gasteiger partial charge in [-0.15, -0.1) is 0 Å². The van der Waals surface area contributed by atoms with Crippen molar-refractivity contribution < 1.29 is 23.4 Å². The molecule has 1 aromatic heterocycles. The van der Waals surface area contributed by atoms with E-state index in [9.17, 15) is 18.7 Å². The van der Waals surface area contributed by atoms with Crippen LogP contribution < -0.4 is 10.1 Å². The van der Waals surface area contributed by atoms with Crippen LogP contribution in [0.25, 0.3) is 0 Å². The number of nitrogens with zero attached hydrogens (tertiary/aromatic N) is 2. The minimum absolute atomic E-state index is 0.163. The van der Waals surface area contributed by atoms with Crippen molar-refractivity contribution in [2.24, 2.45) is 5.41 Å². The van der Waals surface area contributed by atoms with Crippen LogP contribution in [0.4, 0.5) is 8.78 Å². The number of aliphatic carboxylic acids is 1. The molecule has 0 amide bonds. The lowest BCUT2D eigenvalue weighted by Gasteiger charge is -2.27. The van der Waals surface area contributed by atoms with E-state index in [4.69, 9.17) is 16.3 Å². The zero-order valence-electron chi connectivity index (χ0n) is 14.8. The number of nitrogens with one attached hydrogen (secondary N) is 1. The number of halogens is 3. The van der Waals surface area contributed by atoms with Crippen LogP contribution >= 0.6 is 11.6 Å². The molecule has 1 saturated carbocycles. The van der Waals surface area contributed by atoms with Crippen LogP contribution in [0.2, 0.25) is 5.02 Å². The molecule has 1 aromatic carbocycles. The second kappa shape index (κ2) is 6.93. The predicted molar refractivity (Wildman–Crippen MR) is 96.2 cm³/mol. The van der Waals surface area contributed by atoms with Crippen molar-refractivity contribution in [3.8, 4) is 6.01 Å². The molecule has 28 heavy (non-hydrogen) atoms. The standard InChI is InChI=1S/C19H18ClF2N3O3/c20-12-2-1-11(13(21)7-12)9-28-17-24-8-14(22)15(25-17)19(16(26)27)10-18(19)3-5-23-6-4-18/h1-2,7-8,23H,3-6,9-10H2,(H,26,27). The van der Waals surface area contributed by atoms with Gasteiger partial charge in [0.25, 0.3) is 0 Å². The molecule has 1 saturated heterocycles.